The number of rotatable bonds is 9. The average Bonchev–Trinajstić information content (AvgIpc) is 2.18. The SMILES string of the molecule is C=CCN(CCO)S(=O)(=O)CCCCCl. The van der Waals surface area contributed by atoms with E-state index in [-0.39, 0.29) is 25.4 Å². The van der Waals surface area contributed by atoms with Gasteiger partial charge in [0.1, 0.15) is 0 Å². The number of halogens is 1. The minimum absolute atomic E-state index is 0.0769. The molecular weight excluding hydrogens is 238 g/mol. The largest absolute Gasteiger partial charge is 0.395 e. The van der Waals surface area contributed by atoms with Crippen molar-refractivity contribution in [3.05, 3.63) is 12.7 Å². The van der Waals surface area contributed by atoms with Crippen molar-refractivity contribution in [1.29, 1.82) is 0 Å². The van der Waals surface area contributed by atoms with Crippen molar-refractivity contribution in [3.63, 3.8) is 0 Å². The molecule has 0 aromatic rings. The Morgan fingerprint density at radius 1 is 1.40 bits per heavy atom. The van der Waals surface area contributed by atoms with Gasteiger partial charge < -0.3 is 5.11 Å². The number of hydrogen-bond acceptors (Lipinski definition) is 3. The van der Waals surface area contributed by atoms with Crippen LogP contribution in [0.4, 0.5) is 0 Å². The molecule has 15 heavy (non-hydrogen) atoms. The maximum absolute atomic E-state index is 11.7. The Kier molecular flexibility index (Phi) is 8.04. The van der Waals surface area contributed by atoms with E-state index < -0.39 is 10.0 Å². The number of aliphatic hydroxyl groups is 1. The zero-order valence-electron chi connectivity index (χ0n) is 8.73. The summed E-state index contributed by atoms with van der Waals surface area (Å²) in [5, 5.41) is 8.74. The lowest BCUT2D eigenvalue weighted by atomic mass is 10.4. The van der Waals surface area contributed by atoms with Crippen molar-refractivity contribution < 1.29 is 13.5 Å². The molecule has 0 aliphatic heterocycles. The Balaban J connectivity index is 4.28. The zero-order chi connectivity index (χ0) is 11.7. The third-order valence-electron chi connectivity index (χ3n) is 1.86. The molecule has 0 aromatic heterocycles. The summed E-state index contributed by atoms with van der Waals surface area (Å²) in [6.45, 7) is 3.67. The molecule has 0 saturated carbocycles. The first-order chi connectivity index (χ1) is 7.08. The molecule has 0 radical (unpaired) electrons. The number of hydrogen-bond donors (Lipinski definition) is 1. The predicted molar refractivity (Wildman–Crippen MR) is 62.6 cm³/mol. The van der Waals surface area contributed by atoms with Crippen molar-refractivity contribution >= 4 is 21.6 Å². The highest BCUT2D eigenvalue weighted by Gasteiger charge is 2.19. The normalized spacial score (nSPS) is 11.9. The van der Waals surface area contributed by atoms with Gasteiger partial charge in [-0.05, 0) is 12.8 Å². The van der Waals surface area contributed by atoms with E-state index in [1.165, 1.54) is 10.4 Å². The fourth-order valence-corrected chi connectivity index (χ4v) is 2.82. The van der Waals surface area contributed by atoms with Crippen LogP contribution in [0.1, 0.15) is 12.8 Å². The topological polar surface area (TPSA) is 57.6 Å². The van der Waals surface area contributed by atoms with E-state index in [2.05, 4.69) is 6.58 Å². The minimum Gasteiger partial charge on any atom is -0.395 e. The first kappa shape index (κ1) is 14.9. The van der Waals surface area contributed by atoms with Crippen molar-refractivity contribution in [2.45, 2.75) is 12.8 Å². The maximum atomic E-state index is 11.7. The van der Waals surface area contributed by atoms with Gasteiger partial charge in [-0.2, -0.15) is 4.31 Å². The third kappa shape index (κ3) is 6.14. The van der Waals surface area contributed by atoms with Crippen LogP contribution >= 0.6 is 11.6 Å². The Hall–Kier alpha value is -0.100. The van der Waals surface area contributed by atoms with Gasteiger partial charge in [-0.15, -0.1) is 18.2 Å². The van der Waals surface area contributed by atoms with E-state index in [1.54, 1.807) is 0 Å². The van der Waals surface area contributed by atoms with Gasteiger partial charge in [-0.1, -0.05) is 6.08 Å². The minimum atomic E-state index is -3.28. The summed E-state index contributed by atoms with van der Waals surface area (Å²) in [4.78, 5) is 0. The van der Waals surface area contributed by atoms with Gasteiger partial charge in [0.05, 0.1) is 12.4 Å². The van der Waals surface area contributed by atoms with E-state index >= 15 is 0 Å². The van der Waals surface area contributed by atoms with Gasteiger partial charge in [0.2, 0.25) is 10.0 Å². The van der Waals surface area contributed by atoms with Crippen molar-refractivity contribution in [3.8, 4) is 0 Å². The van der Waals surface area contributed by atoms with E-state index in [4.69, 9.17) is 16.7 Å². The molecule has 1 N–H and O–H groups in total. The molecule has 0 rings (SSSR count). The second kappa shape index (κ2) is 8.10. The summed E-state index contributed by atoms with van der Waals surface area (Å²) in [6, 6.07) is 0. The number of sulfonamides is 1. The average molecular weight is 256 g/mol. The lowest BCUT2D eigenvalue weighted by Crippen LogP contribution is -2.35. The molecular formula is C9H18ClNO3S. The maximum Gasteiger partial charge on any atom is 0.214 e. The summed E-state index contributed by atoms with van der Waals surface area (Å²) in [5.41, 5.74) is 0. The molecule has 0 aliphatic carbocycles. The molecule has 0 saturated heterocycles. The molecule has 90 valence electrons. The van der Waals surface area contributed by atoms with E-state index in [9.17, 15) is 8.42 Å². The fraction of sp³-hybridized carbons (Fsp3) is 0.778. The summed E-state index contributed by atoms with van der Waals surface area (Å²) < 4.78 is 24.6. The molecule has 4 nitrogen and oxygen atoms in total. The molecule has 0 aliphatic rings. The van der Waals surface area contributed by atoms with Gasteiger partial charge >= 0.3 is 0 Å². The predicted octanol–water partition coefficient (Wildman–Crippen LogP) is 0.815. The van der Waals surface area contributed by atoms with Crippen LogP contribution < -0.4 is 0 Å². The third-order valence-corrected chi connectivity index (χ3v) is 4.05. The molecule has 0 bridgehead atoms. The van der Waals surface area contributed by atoms with Crippen molar-refractivity contribution in [2.75, 3.05) is 31.3 Å². The van der Waals surface area contributed by atoms with Crippen LogP contribution in [0.15, 0.2) is 12.7 Å². The zero-order valence-corrected chi connectivity index (χ0v) is 10.3. The van der Waals surface area contributed by atoms with Crippen LogP contribution in [-0.2, 0) is 10.0 Å². The molecule has 0 aromatic carbocycles. The summed E-state index contributed by atoms with van der Waals surface area (Å²) >= 11 is 5.47. The molecule has 6 heteroatoms. The molecule has 0 spiro atoms. The van der Waals surface area contributed by atoms with E-state index in [0.29, 0.717) is 18.7 Å². The summed E-state index contributed by atoms with van der Waals surface area (Å²) in [5.74, 6) is 0.546. The van der Waals surface area contributed by atoms with Crippen LogP contribution in [-0.4, -0.2) is 49.2 Å². The number of unbranched alkanes of at least 4 members (excludes halogenated alkanes) is 1. The van der Waals surface area contributed by atoms with E-state index in [0.717, 1.165) is 0 Å². The van der Waals surface area contributed by atoms with Gasteiger partial charge in [0.15, 0.2) is 0 Å². The Morgan fingerprint density at radius 3 is 2.53 bits per heavy atom. The lowest BCUT2D eigenvalue weighted by molar-refractivity contribution is 0.260. The summed E-state index contributed by atoms with van der Waals surface area (Å²) in [7, 11) is -3.28. The van der Waals surface area contributed by atoms with Gasteiger partial charge in [0.25, 0.3) is 0 Å². The highest BCUT2D eigenvalue weighted by molar-refractivity contribution is 7.89. The lowest BCUT2D eigenvalue weighted by Gasteiger charge is -2.19. The molecule has 0 heterocycles. The van der Waals surface area contributed by atoms with E-state index in [1.807, 2.05) is 0 Å². The summed E-state index contributed by atoms with van der Waals surface area (Å²) in [6.07, 6.45) is 2.74. The highest BCUT2D eigenvalue weighted by atomic mass is 35.5. The molecule has 0 atom stereocenters. The highest BCUT2D eigenvalue weighted by Crippen LogP contribution is 2.05. The Labute approximate surface area is 96.6 Å². The van der Waals surface area contributed by atoms with Crippen LogP contribution in [0.25, 0.3) is 0 Å². The Bertz CT molecular complexity index is 267. The second-order valence-corrected chi connectivity index (χ2v) is 5.55. The number of alkyl halides is 1. The standard InChI is InChI=1S/C9H18ClNO3S/c1-2-6-11(7-8-12)15(13,14)9-4-3-5-10/h2,12H,1,3-9H2. The monoisotopic (exact) mass is 255 g/mol. The molecule has 0 unspecified atom stereocenters. The van der Waals surface area contributed by atoms with Crippen LogP contribution in [0.3, 0.4) is 0 Å². The fourth-order valence-electron chi connectivity index (χ4n) is 1.11. The molecule has 0 amide bonds. The van der Waals surface area contributed by atoms with Crippen LogP contribution in [0, 0.1) is 0 Å². The van der Waals surface area contributed by atoms with Gasteiger partial charge in [-0.25, -0.2) is 8.42 Å². The van der Waals surface area contributed by atoms with Gasteiger partial charge in [0, 0.05) is 19.0 Å². The quantitative estimate of drug-likeness (QED) is 0.377. The molecule has 0 fully saturated rings. The van der Waals surface area contributed by atoms with Crippen LogP contribution in [0.5, 0.6) is 0 Å². The number of nitrogens with zero attached hydrogens (tertiary/aromatic N) is 1. The van der Waals surface area contributed by atoms with Gasteiger partial charge in [-0.3, -0.25) is 0 Å². The second-order valence-electron chi connectivity index (χ2n) is 3.08. The smallest absolute Gasteiger partial charge is 0.214 e. The van der Waals surface area contributed by atoms with Crippen molar-refractivity contribution in [2.24, 2.45) is 0 Å². The van der Waals surface area contributed by atoms with Crippen LogP contribution in [0.2, 0.25) is 0 Å². The first-order valence-electron chi connectivity index (χ1n) is 4.84. The number of aliphatic hydroxyl groups excluding tert-OH is 1. The van der Waals surface area contributed by atoms with Crippen molar-refractivity contribution in [1.82, 2.24) is 4.31 Å². The Morgan fingerprint density at radius 2 is 2.07 bits per heavy atom. The first-order valence-corrected chi connectivity index (χ1v) is 6.98.